The second-order valence-electron chi connectivity index (χ2n) is 6.80. The Labute approximate surface area is 187 Å². The smallest absolute Gasteiger partial charge is 0.270 e. The first-order valence-corrected chi connectivity index (χ1v) is 9.97. The predicted octanol–water partition coefficient (Wildman–Crippen LogP) is 5.22. The number of nitro groups is 1. The minimum atomic E-state index is -0.507. The molecule has 0 aliphatic heterocycles. The lowest BCUT2D eigenvalue weighted by Gasteiger charge is -2.08. The number of nitrogens with zero attached hydrogens (tertiary/aromatic N) is 2. The van der Waals surface area contributed by atoms with E-state index in [0.29, 0.717) is 22.1 Å². The number of carbonyl (C=O) groups excluding carboxylic acids is 1. The first-order chi connectivity index (χ1) is 15.5. The molecule has 0 atom stereocenters. The maximum Gasteiger partial charge on any atom is 0.270 e. The van der Waals surface area contributed by atoms with Crippen molar-refractivity contribution in [1.82, 2.24) is 5.43 Å². The van der Waals surface area contributed by atoms with E-state index >= 15 is 0 Å². The number of amides is 1. The van der Waals surface area contributed by atoms with E-state index in [9.17, 15) is 14.9 Å². The fraction of sp³-hybridized carbons (Fsp3) is 0.0435. The lowest BCUT2D eigenvalue weighted by Crippen LogP contribution is -2.25. The number of hydrogen-bond donors (Lipinski definition) is 2. The number of nitro benzene ring substituents is 1. The number of halogens is 1. The fourth-order valence-corrected chi connectivity index (χ4v) is 3.36. The quantitative estimate of drug-likeness (QED) is 0.229. The van der Waals surface area contributed by atoms with Gasteiger partial charge in [0.2, 0.25) is 0 Å². The van der Waals surface area contributed by atoms with Crippen molar-refractivity contribution in [3.63, 3.8) is 0 Å². The second-order valence-corrected chi connectivity index (χ2v) is 7.20. The van der Waals surface area contributed by atoms with Gasteiger partial charge in [0.1, 0.15) is 11.5 Å². The third-order valence-electron chi connectivity index (χ3n) is 4.66. The summed E-state index contributed by atoms with van der Waals surface area (Å²) in [7, 11) is 0. The van der Waals surface area contributed by atoms with Crippen molar-refractivity contribution in [1.29, 1.82) is 0 Å². The van der Waals surface area contributed by atoms with Crippen LogP contribution in [0.1, 0.15) is 5.76 Å². The standard InChI is InChI=1S/C23H17ClN4O4/c24-20-10-8-16(28(30)31)12-19(20)22-11-9-17(32-22)13-26-27-23(29)14-25-21-7-3-5-15-4-1-2-6-18(15)21/h1-13,25H,14H2,(H,27,29)/b26-13-. The maximum atomic E-state index is 12.1. The van der Waals surface area contributed by atoms with Crippen LogP contribution in [0.4, 0.5) is 11.4 Å². The molecular weight excluding hydrogens is 432 g/mol. The highest BCUT2D eigenvalue weighted by Crippen LogP contribution is 2.32. The highest BCUT2D eigenvalue weighted by Gasteiger charge is 2.14. The average Bonchev–Trinajstić information content (AvgIpc) is 3.26. The molecule has 1 amide bonds. The van der Waals surface area contributed by atoms with Crippen molar-refractivity contribution in [2.75, 3.05) is 11.9 Å². The number of anilines is 1. The Kier molecular flexibility index (Phi) is 6.14. The second kappa shape index (κ2) is 9.32. The van der Waals surface area contributed by atoms with Crippen molar-refractivity contribution in [2.45, 2.75) is 0 Å². The van der Waals surface area contributed by atoms with Crippen LogP contribution in [0.2, 0.25) is 5.02 Å². The molecule has 0 saturated heterocycles. The molecule has 9 heteroatoms. The van der Waals surface area contributed by atoms with Crippen molar-refractivity contribution >= 4 is 45.9 Å². The summed E-state index contributed by atoms with van der Waals surface area (Å²) in [5.74, 6) is 0.372. The number of non-ortho nitro benzene ring substituents is 1. The van der Waals surface area contributed by atoms with Crippen molar-refractivity contribution in [3.8, 4) is 11.3 Å². The van der Waals surface area contributed by atoms with Crippen LogP contribution in [-0.4, -0.2) is 23.6 Å². The molecule has 0 radical (unpaired) electrons. The van der Waals surface area contributed by atoms with Gasteiger partial charge in [-0.05, 0) is 29.7 Å². The van der Waals surface area contributed by atoms with Crippen LogP contribution < -0.4 is 10.7 Å². The van der Waals surface area contributed by atoms with E-state index in [1.807, 2.05) is 42.5 Å². The van der Waals surface area contributed by atoms with Crippen LogP contribution in [0.5, 0.6) is 0 Å². The molecule has 0 spiro atoms. The molecule has 0 aliphatic rings. The molecule has 8 nitrogen and oxygen atoms in total. The molecule has 0 bridgehead atoms. The first kappa shape index (κ1) is 21.1. The fourth-order valence-electron chi connectivity index (χ4n) is 3.15. The van der Waals surface area contributed by atoms with Gasteiger partial charge in [-0.2, -0.15) is 5.10 Å². The Morgan fingerprint density at radius 1 is 1.09 bits per heavy atom. The van der Waals surface area contributed by atoms with Gasteiger partial charge in [0, 0.05) is 28.8 Å². The summed E-state index contributed by atoms with van der Waals surface area (Å²) in [5.41, 5.74) is 3.58. The SMILES string of the molecule is O=C(CNc1cccc2ccccc12)N/N=C\c1ccc(-c2cc([N+](=O)[O-])ccc2Cl)o1. The van der Waals surface area contributed by atoms with E-state index in [2.05, 4.69) is 15.8 Å². The molecule has 160 valence electrons. The summed E-state index contributed by atoms with van der Waals surface area (Å²) < 4.78 is 5.62. The lowest BCUT2D eigenvalue weighted by atomic mass is 10.1. The normalized spacial score (nSPS) is 11.0. The third kappa shape index (κ3) is 4.76. The summed E-state index contributed by atoms with van der Waals surface area (Å²) in [6.45, 7) is 0.0397. The molecule has 0 fully saturated rings. The van der Waals surface area contributed by atoms with Gasteiger partial charge in [0.15, 0.2) is 0 Å². The first-order valence-electron chi connectivity index (χ1n) is 9.59. The molecule has 32 heavy (non-hydrogen) atoms. The molecule has 1 heterocycles. The number of benzene rings is 3. The van der Waals surface area contributed by atoms with E-state index in [4.69, 9.17) is 16.0 Å². The zero-order valence-corrected chi connectivity index (χ0v) is 17.4. The summed E-state index contributed by atoms with van der Waals surface area (Å²) >= 11 is 6.13. The van der Waals surface area contributed by atoms with Crippen LogP contribution in [0.3, 0.4) is 0 Å². The molecule has 0 unspecified atom stereocenters. The van der Waals surface area contributed by atoms with Crippen molar-refractivity contribution in [2.24, 2.45) is 5.10 Å². The van der Waals surface area contributed by atoms with Gasteiger partial charge in [-0.1, -0.05) is 48.0 Å². The van der Waals surface area contributed by atoms with E-state index in [1.165, 1.54) is 24.4 Å². The maximum absolute atomic E-state index is 12.1. The van der Waals surface area contributed by atoms with Crippen LogP contribution in [0.25, 0.3) is 22.1 Å². The molecule has 0 saturated carbocycles. The van der Waals surface area contributed by atoms with E-state index < -0.39 is 4.92 Å². The summed E-state index contributed by atoms with van der Waals surface area (Å²) in [4.78, 5) is 22.6. The van der Waals surface area contributed by atoms with E-state index in [-0.39, 0.29) is 18.1 Å². The highest BCUT2D eigenvalue weighted by atomic mass is 35.5. The third-order valence-corrected chi connectivity index (χ3v) is 4.99. The molecule has 0 aliphatic carbocycles. The number of hydrazone groups is 1. The largest absolute Gasteiger partial charge is 0.455 e. The van der Waals surface area contributed by atoms with Gasteiger partial charge < -0.3 is 9.73 Å². The summed E-state index contributed by atoms with van der Waals surface area (Å²) in [6, 6.07) is 21.0. The zero-order valence-electron chi connectivity index (χ0n) is 16.6. The van der Waals surface area contributed by atoms with Crippen LogP contribution in [-0.2, 0) is 4.79 Å². The molecule has 3 aromatic carbocycles. The Morgan fingerprint density at radius 3 is 2.75 bits per heavy atom. The van der Waals surface area contributed by atoms with Crippen LogP contribution >= 0.6 is 11.6 Å². The Hall–Kier alpha value is -4.17. The molecule has 1 aromatic heterocycles. The molecule has 4 aromatic rings. The van der Waals surface area contributed by atoms with Gasteiger partial charge in [-0.3, -0.25) is 14.9 Å². The minimum Gasteiger partial charge on any atom is -0.455 e. The van der Waals surface area contributed by atoms with Gasteiger partial charge >= 0.3 is 0 Å². The van der Waals surface area contributed by atoms with Gasteiger partial charge in [0.25, 0.3) is 11.6 Å². The number of nitrogens with one attached hydrogen (secondary N) is 2. The van der Waals surface area contributed by atoms with E-state index in [1.54, 1.807) is 12.1 Å². The number of furan rings is 1. The zero-order chi connectivity index (χ0) is 22.5. The number of rotatable bonds is 7. The Balaban J connectivity index is 1.37. The molecule has 4 rings (SSSR count). The van der Waals surface area contributed by atoms with Gasteiger partial charge in [-0.15, -0.1) is 0 Å². The van der Waals surface area contributed by atoms with E-state index in [0.717, 1.165) is 16.5 Å². The van der Waals surface area contributed by atoms with Gasteiger partial charge in [-0.25, -0.2) is 5.43 Å². The predicted molar refractivity (Wildman–Crippen MR) is 124 cm³/mol. The summed E-state index contributed by atoms with van der Waals surface area (Å²) in [5, 5.41) is 20.4. The number of fused-ring (bicyclic) bond motifs is 1. The number of hydrogen-bond acceptors (Lipinski definition) is 6. The van der Waals surface area contributed by atoms with Crippen molar-refractivity contribution < 1.29 is 14.1 Å². The lowest BCUT2D eigenvalue weighted by molar-refractivity contribution is -0.384. The van der Waals surface area contributed by atoms with Gasteiger partial charge in [0.05, 0.1) is 22.7 Å². The van der Waals surface area contributed by atoms with Crippen LogP contribution in [0.15, 0.2) is 82.3 Å². The summed E-state index contributed by atoms with van der Waals surface area (Å²) in [6.07, 6.45) is 1.34. The number of carbonyl (C=O) groups is 1. The average molecular weight is 449 g/mol. The molecular formula is C23H17ClN4O4. The minimum absolute atomic E-state index is 0.0397. The molecule has 2 N–H and O–H groups in total. The topological polar surface area (TPSA) is 110 Å². The Bertz CT molecular complexity index is 1330. The van der Waals surface area contributed by atoms with Crippen LogP contribution in [0, 0.1) is 10.1 Å². The monoisotopic (exact) mass is 448 g/mol. The Morgan fingerprint density at radius 2 is 1.91 bits per heavy atom. The highest BCUT2D eigenvalue weighted by molar-refractivity contribution is 6.33. The van der Waals surface area contributed by atoms with Crippen molar-refractivity contribution in [3.05, 3.63) is 93.7 Å².